The van der Waals surface area contributed by atoms with E-state index in [0.29, 0.717) is 18.9 Å². The van der Waals surface area contributed by atoms with Gasteiger partial charge in [0.05, 0.1) is 17.6 Å². The lowest BCUT2D eigenvalue weighted by Gasteiger charge is -2.57. The smallest absolute Gasteiger partial charge is 0.315 e. The molecular weight excluding hydrogens is 276 g/mol. The molecule has 3 aliphatic rings. The summed E-state index contributed by atoms with van der Waals surface area (Å²) in [4.78, 5) is 12.8. The lowest BCUT2D eigenvalue weighted by atomic mass is 9.48. The summed E-state index contributed by atoms with van der Waals surface area (Å²) in [6.07, 6.45) is 9.57. The highest BCUT2D eigenvalue weighted by atomic mass is 16.5. The van der Waals surface area contributed by atoms with Gasteiger partial charge in [0.2, 0.25) is 0 Å². The predicted molar refractivity (Wildman–Crippen MR) is 86.3 cm³/mol. The Balaban J connectivity index is 2.02. The third-order valence-electron chi connectivity index (χ3n) is 6.64. The quantitative estimate of drug-likeness (QED) is 0.619. The summed E-state index contributed by atoms with van der Waals surface area (Å²) in [7, 11) is 0. The van der Waals surface area contributed by atoms with Gasteiger partial charge in [-0.05, 0) is 56.8 Å². The van der Waals surface area contributed by atoms with Gasteiger partial charge < -0.3 is 9.84 Å². The van der Waals surface area contributed by atoms with E-state index in [1.807, 2.05) is 6.92 Å². The van der Waals surface area contributed by atoms with Crippen molar-refractivity contribution in [1.29, 1.82) is 0 Å². The van der Waals surface area contributed by atoms with Gasteiger partial charge in [0.1, 0.15) is 0 Å². The zero-order valence-corrected chi connectivity index (χ0v) is 14.3. The molecule has 0 aromatic rings. The normalized spacial score (nSPS) is 40.2. The molecule has 0 radical (unpaired) electrons. The zero-order chi connectivity index (χ0) is 16.0. The van der Waals surface area contributed by atoms with Gasteiger partial charge >= 0.3 is 5.97 Å². The summed E-state index contributed by atoms with van der Waals surface area (Å²) in [5, 5.41) is 11.4. The number of ether oxygens (including phenoxy) is 1. The van der Waals surface area contributed by atoms with Crippen LogP contribution in [0.3, 0.4) is 0 Å². The number of carbonyl (C=O) groups excluding carboxylic acids is 1. The molecule has 0 bridgehead atoms. The van der Waals surface area contributed by atoms with E-state index in [1.165, 1.54) is 12.0 Å². The van der Waals surface area contributed by atoms with E-state index in [-0.39, 0.29) is 11.4 Å². The maximum atomic E-state index is 12.8. The SMILES string of the molecule is CCOC(=O)[C@@]12CCCC[C@]1(O)CC1=CCCC(C)(C)[C@H]1C2. The molecule has 0 heterocycles. The molecule has 3 rings (SSSR count). The minimum Gasteiger partial charge on any atom is -0.465 e. The van der Waals surface area contributed by atoms with Crippen LogP contribution in [0, 0.1) is 16.7 Å². The largest absolute Gasteiger partial charge is 0.465 e. The van der Waals surface area contributed by atoms with Gasteiger partial charge in [0.25, 0.3) is 0 Å². The summed E-state index contributed by atoms with van der Waals surface area (Å²) in [6.45, 7) is 6.88. The number of allylic oxidation sites excluding steroid dienone is 1. The summed E-state index contributed by atoms with van der Waals surface area (Å²) >= 11 is 0. The monoisotopic (exact) mass is 306 g/mol. The number of fused-ring (bicyclic) bond motifs is 2. The summed E-state index contributed by atoms with van der Waals surface area (Å²) < 4.78 is 5.44. The molecule has 0 spiro atoms. The molecule has 22 heavy (non-hydrogen) atoms. The number of aliphatic hydroxyl groups is 1. The highest BCUT2D eigenvalue weighted by Gasteiger charge is 2.63. The highest BCUT2D eigenvalue weighted by Crippen LogP contribution is 2.61. The van der Waals surface area contributed by atoms with Gasteiger partial charge in [-0.25, -0.2) is 0 Å². The van der Waals surface area contributed by atoms with E-state index in [4.69, 9.17) is 4.74 Å². The first-order chi connectivity index (χ1) is 10.3. The fourth-order valence-corrected chi connectivity index (χ4v) is 5.25. The third kappa shape index (κ3) is 2.24. The summed E-state index contributed by atoms with van der Waals surface area (Å²) in [6, 6.07) is 0. The number of rotatable bonds is 2. The second kappa shape index (κ2) is 5.36. The van der Waals surface area contributed by atoms with E-state index < -0.39 is 11.0 Å². The average molecular weight is 306 g/mol. The van der Waals surface area contributed by atoms with E-state index in [2.05, 4.69) is 19.9 Å². The molecule has 0 aromatic carbocycles. The van der Waals surface area contributed by atoms with Crippen molar-refractivity contribution >= 4 is 5.97 Å². The van der Waals surface area contributed by atoms with Crippen LogP contribution in [0.5, 0.6) is 0 Å². The molecule has 124 valence electrons. The van der Waals surface area contributed by atoms with Crippen LogP contribution in [0.15, 0.2) is 11.6 Å². The number of esters is 1. The molecule has 2 saturated carbocycles. The van der Waals surface area contributed by atoms with Crippen LogP contribution in [0.25, 0.3) is 0 Å². The maximum Gasteiger partial charge on any atom is 0.315 e. The van der Waals surface area contributed by atoms with Gasteiger partial charge in [-0.1, -0.05) is 38.3 Å². The number of hydrogen-bond donors (Lipinski definition) is 1. The molecule has 3 atom stereocenters. The van der Waals surface area contributed by atoms with Crippen molar-refractivity contribution in [2.75, 3.05) is 6.61 Å². The second-order valence-electron chi connectivity index (χ2n) is 8.28. The molecule has 0 aromatic heterocycles. The Morgan fingerprint density at radius 1 is 1.32 bits per heavy atom. The maximum absolute atomic E-state index is 12.8. The molecule has 2 fully saturated rings. The standard InChI is InChI=1S/C19H30O3/c1-4-22-16(20)18-10-5-6-11-19(18,21)12-14-8-7-9-17(2,3)15(14)13-18/h8,15,21H,4-7,9-13H2,1-3H3/t15-,18-,19-/m0/s1. The molecule has 0 amide bonds. The van der Waals surface area contributed by atoms with Crippen LogP contribution in [-0.4, -0.2) is 23.3 Å². The highest BCUT2D eigenvalue weighted by molar-refractivity contribution is 5.79. The number of carbonyl (C=O) groups is 1. The first-order valence-corrected chi connectivity index (χ1v) is 8.93. The Morgan fingerprint density at radius 3 is 2.77 bits per heavy atom. The van der Waals surface area contributed by atoms with E-state index >= 15 is 0 Å². The van der Waals surface area contributed by atoms with Crippen molar-refractivity contribution in [1.82, 2.24) is 0 Å². The van der Waals surface area contributed by atoms with Crippen molar-refractivity contribution in [3.05, 3.63) is 11.6 Å². The Bertz CT molecular complexity index is 493. The molecule has 3 nitrogen and oxygen atoms in total. The molecule has 1 N–H and O–H groups in total. The molecule has 0 unspecified atom stereocenters. The van der Waals surface area contributed by atoms with Crippen molar-refractivity contribution in [3.63, 3.8) is 0 Å². The van der Waals surface area contributed by atoms with Crippen molar-refractivity contribution in [2.45, 2.75) is 77.7 Å². The third-order valence-corrected chi connectivity index (χ3v) is 6.64. The summed E-state index contributed by atoms with van der Waals surface area (Å²) in [5.74, 6) is 0.252. The van der Waals surface area contributed by atoms with Gasteiger partial charge in [-0.2, -0.15) is 0 Å². The predicted octanol–water partition coefficient (Wildman–Crippen LogP) is 4.00. The van der Waals surface area contributed by atoms with Crippen LogP contribution in [0.1, 0.15) is 72.1 Å². The average Bonchev–Trinajstić information content (AvgIpc) is 2.45. The van der Waals surface area contributed by atoms with Crippen molar-refractivity contribution < 1.29 is 14.6 Å². The Morgan fingerprint density at radius 2 is 2.05 bits per heavy atom. The van der Waals surface area contributed by atoms with Crippen LogP contribution >= 0.6 is 0 Å². The zero-order valence-electron chi connectivity index (χ0n) is 14.3. The minimum absolute atomic E-state index is 0.155. The fourth-order valence-electron chi connectivity index (χ4n) is 5.25. The van der Waals surface area contributed by atoms with Gasteiger partial charge in [-0.15, -0.1) is 0 Å². The van der Waals surface area contributed by atoms with Crippen molar-refractivity contribution in [3.8, 4) is 0 Å². The molecule has 0 aliphatic heterocycles. The first-order valence-electron chi connectivity index (χ1n) is 8.93. The molecule has 3 aliphatic carbocycles. The van der Waals surface area contributed by atoms with Crippen molar-refractivity contribution in [2.24, 2.45) is 16.7 Å². The van der Waals surface area contributed by atoms with Crippen LogP contribution in [0.2, 0.25) is 0 Å². The number of hydrogen-bond acceptors (Lipinski definition) is 3. The molecule has 3 heteroatoms. The lowest BCUT2D eigenvalue weighted by Crippen LogP contribution is -2.61. The molecule has 0 saturated heterocycles. The van der Waals surface area contributed by atoms with Crippen LogP contribution in [-0.2, 0) is 9.53 Å². The topological polar surface area (TPSA) is 46.5 Å². The summed E-state index contributed by atoms with van der Waals surface area (Å²) in [5.41, 5.74) is 0.0218. The van der Waals surface area contributed by atoms with Crippen LogP contribution < -0.4 is 0 Å². The van der Waals surface area contributed by atoms with Gasteiger partial charge in [-0.3, -0.25) is 4.79 Å². The second-order valence-corrected chi connectivity index (χ2v) is 8.28. The van der Waals surface area contributed by atoms with E-state index in [1.54, 1.807) is 0 Å². The minimum atomic E-state index is -0.896. The van der Waals surface area contributed by atoms with Gasteiger partial charge in [0.15, 0.2) is 0 Å². The lowest BCUT2D eigenvalue weighted by molar-refractivity contribution is -0.195. The van der Waals surface area contributed by atoms with E-state index in [0.717, 1.165) is 38.5 Å². The Kier molecular flexibility index (Phi) is 3.91. The van der Waals surface area contributed by atoms with Crippen LogP contribution in [0.4, 0.5) is 0 Å². The Labute approximate surface area is 134 Å². The van der Waals surface area contributed by atoms with E-state index in [9.17, 15) is 9.90 Å². The first kappa shape index (κ1) is 16.0. The Hall–Kier alpha value is -0.830. The molecular formula is C19H30O3. The van der Waals surface area contributed by atoms with Gasteiger partial charge in [0, 0.05) is 0 Å². The fraction of sp³-hybridized carbons (Fsp3) is 0.842.